The molecule has 1 fully saturated rings. The molecule has 0 bridgehead atoms. The molecular weight excluding hydrogens is 398 g/mol. The lowest BCUT2D eigenvalue weighted by atomic mass is 10.1. The maximum absolute atomic E-state index is 12.0. The van der Waals surface area contributed by atoms with E-state index in [9.17, 15) is 8.42 Å². The Kier molecular flexibility index (Phi) is 6.93. The van der Waals surface area contributed by atoms with Crippen molar-refractivity contribution in [2.75, 3.05) is 28.0 Å². The number of benzene rings is 2. The highest BCUT2D eigenvalue weighted by Crippen LogP contribution is 2.27. The van der Waals surface area contributed by atoms with Gasteiger partial charge >= 0.3 is 0 Å². The fourth-order valence-corrected chi connectivity index (χ4v) is 4.37. The predicted octanol–water partition coefficient (Wildman–Crippen LogP) is 4.37. The molecule has 3 rings (SSSR count). The molecule has 1 heterocycles. The van der Waals surface area contributed by atoms with Gasteiger partial charge in [-0.3, -0.25) is 4.72 Å². The van der Waals surface area contributed by atoms with Gasteiger partial charge in [-0.1, -0.05) is 12.1 Å². The molecule has 0 aliphatic carbocycles. The summed E-state index contributed by atoms with van der Waals surface area (Å²) < 4.78 is 32.4. The Bertz CT molecular complexity index is 948. The van der Waals surface area contributed by atoms with Crippen LogP contribution in [0.3, 0.4) is 0 Å². The fraction of sp³-hybridized carbons (Fsp3) is 0.478. The van der Waals surface area contributed by atoms with E-state index >= 15 is 0 Å². The fourth-order valence-electron chi connectivity index (χ4n) is 3.67. The topological polar surface area (TPSA) is 70.7 Å². The minimum atomic E-state index is -3.32. The summed E-state index contributed by atoms with van der Waals surface area (Å²) in [6.07, 6.45) is 0.470. The van der Waals surface area contributed by atoms with Gasteiger partial charge < -0.3 is 15.0 Å². The van der Waals surface area contributed by atoms with Crippen LogP contribution in [0.15, 0.2) is 42.5 Å². The van der Waals surface area contributed by atoms with Gasteiger partial charge in [-0.15, -0.1) is 0 Å². The molecule has 0 spiro atoms. The lowest BCUT2D eigenvalue weighted by Crippen LogP contribution is -2.45. The van der Waals surface area contributed by atoms with Gasteiger partial charge in [-0.2, -0.15) is 0 Å². The Hall–Kier alpha value is -2.25. The van der Waals surface area contributed by atoms with Gasteiger partial charge in [0.15, 0.2) is 0 Å². The molecule has 2 aromatic carbocycles. The van der Waals surface area contributed by atoms with Crippen LogP contribution in [0.25, 0.3) is 0 Å². The highest BCUT2D eigenvalue weighted by molar-refractivity contribution is 7.93. The number of nitrogens with one attached hydrogen (secondary N) is 2. The van der Waals surface area contributed by atoms with Crippen LogP contribution in [0.5, 0.6) is 0 Å². The van der Waals surface area contributed by atoms with E-state index in [2.05, 4.69) is 53.9 Å². The second-order valence-electron chi connectivity index (χ2n) is 8.41. The van der Waals surface area contributed by atoms with Crippen molar-refractivity contribution >= 4 is 27.1 Å². The van der Waals surface area contributed by atoms with E-state index in [-0.39, 0.29) is 12.2 Å². The minimum Gasteiger partial charge on any atom is -0.381 e. The molecule has 0 amide bonds. The normalized spacial score (nSPS) is 19.7. The zero-order valence-corrected chi connectivity index (χ0v) is 19.3. The van der Waals surface area contributed by atoms with Crippen LogP contribution in [0.1, 0.15) is 38.8 Å². The Morgan fingerprint density at radius 1 is 1.03 bits per heavy atom. The molecule has 164 valence electrons. The minimum absolute atomic E-state index is 0.235. The van der Waals surface area contributed by atoms with E-state index in [1.807, 2.05) is 12.1 Å². The third-order valence-electron chi connectivity index (χ3n) is 5.29. The van der Waals surface area contributed by atoms with Crippen molar-refractivity contribution in [2.24, 2.45) is 0 Å². The smallest absolute Gasteiger partial charge is 0.235 e. The maximum Gasteiger partial charge on any atom is 0.235 e. The number of hydrogen-bond acceptors (Lipinski definition) is 5. The summed E-state index contributed by atoms with van der Waals surface area (Å²) in [5, 5.41) is 2.99. The summed E-state index contributed by atoms with van der Waals surface area (Å²) in [6.45, 7) is 12.2. The Balaban J connectivity index is 1.60. The van der Waals surface area contributed by atoms with E-state index in [1.165, 1.54) is 11.3 Å². The van der Waals surface area contributed by atoms with Gasteiger partial charge in [-0.05, 0) is 76.1 Å². The maximum atomic E-state index is 12.0. The molecule has 2 aromatic rings. The van der Waals surface area contributed by atoms with Gasteiger partial charge in [0.2, 0.25) is 10.0 Å². The highest BCUT2D eigenvalue weighted by atomic mass is 32.2. The zero-order chi connectivity index (χ0) is 21.9. The first kappa shape index (κ1) is 22.4. The average Bonchev–Trinajstić information content (AvgIpc) is 2.66. The molecule has 1 saturated heterocycles. The lowest BCUT2D eigenvalue weighted by Gasteiger charge is -2.37. The molecule has 1 aliphatic rings. The average molecular weight is 432 g/mol. The molecule has 0 saturated carbocycles. The van der Waals surface area contributed by atoms with Gasteiger partial charge in [0.05, 0.1) is 17.5 Å². The quantitative estimate of drug-likeness (QED) is 0.681. The Labute approximate surface area is 180 Å². The standard InChI is InChI=1S/C23H33N3O3S/c1-16(2)30(27,28)25-21-8-6-20(7-9-21)13-24-22-10-11-23(17(3)12-22)26-14-18(4)29-19(5)15-26/h6-12,16,18-19,24-25H,13-15H2,1-5H3/t18-,19+. The second-order valence-corrected chi connectivity index (χ2v) is 10.6. The Morgan fingerprint density at radius 3 is 2.20 bits per heavy atom. The van der Waals surface area contributed by atoms with Crippen molar-refractivity contribution in [3.05, 3.63) is 53.6 Å². The van der Waals surface area contributed by atoms with E-state index in [1.54, 1.807) is 26.0 Å². The monoisotopic (exact) mass is 431 g/mol. The van der Waals surface area contributed by atoms with Crippen LogP contribution in [-0.2, 0) is 21.3 Å². The molecular formula is C23H33N3O3S. The van der Waals surface area contributed by atoms with Gasteiger partial charge in [-0.25, -0.2) is 8.42 Å². The molecule has 2 atom stereocenters. The number of rotatable bonds is 7. The van der Waals surface area contributed by atoms with Crippen molar-refractivity contribution in [1.29, 1.82) is 0 Å². The second kappa shape index (κ2) is 9.27. The summed E-state index contributed by atoms with van der Waals surface area (Å²) in [4.78, 5) is 2.40. The van der Waals surface area contributed by atoms with Crippen molar-refractivity contribution in [2.45, 2.75) is 58.6 Å². The van der Waals surface area contributed by atoms with E-state index in [0.717, 1.165) is 24.3 Å². The van der Waals surface area contributed by atoms with E-state index in [4.69, 9.17) is 4.74 Å². The molecule has 6 nitrogen and oxygen atoms in total. The van der Waals surface area contributed by atoms with Gasteiger partial charge in [0, 0.05) is 36.7 Å². The number of morpholine rings is 1. The third-order valence-corrected chi connectivity index (χ3v) is 7.05. The summed E-state index contributed by atoms with van der Waals surface area (Å²) in [6, 6.07) is 13.9. The number of nitrogens with zero attached hydrogens (tertiary/aromatic N) is 1. The molecule has 30 heavy (non-hydrogen) atoms. The number of hydrogen-bond donors (Lipinski definition) is 2. The van der Waals surface area contributed by atoms with Gasteiger partial charge in [0.1, 0.15) is 0 Å². The van der Waals surface area contributed by atoms with E-state index < -0.39 is 15.3 Å². The molecule has 0 radical (unpaired) electrons. The van der Waals surface area contributed by atoms with Crippen LogP contribution in [0.4, 0.5) is 17.1 Å². The summed E-state index contributed by atoms with van der Waals surface area (Å²) >= 11 is 0. The van der Waals surface area contributed by atoms with Crippen molar-refractivity contribution in [1.82, 2.24) is 0 Å². The molecule has 0 unspecified atom stereocenters. The van der Waals surface area contributed by atoms with E-state index in [0.29, 0.717) is 12.2 Å². The summed E-state index contributed by atoms with van der Waals surface area (Å²) in [5.41, 5.74) is 5.22. The molecule has 2 N–H and O–H groups in total. The first-order valence-corrected chi connectivity index (χ1v) is 12.0. The van der Waals surface area contributed by atoms with Crippen molar-refractivity contribution < 1.29 is 13.2 Å². The number of ether oxygens (including phenoxy) is 1. The first-order chi connectivity index (χ1) is 14.1. The third kappa shape index (κ3) is 5.67. The van der Waals surface area contributed by atoms with Crippen molar-refractivity contribution in [3.8, 4) is 0 Å². The lowest BCUT2D eigenvalue weighted by molar-refractivity contribution is -0.00524. The summed E-state index contributed by atoms with van der Waals surface area (Å²) in [7, 11) is -3.32. The van der Waals surface area contributed by atoms with Crippen LogP contribution < -0.4 is 14.9 Å². The molecule has 1 aliphatic heterocycles. The largest absolute Gasteiger partial charge is 0.381 e. The predicted molar refractivity (Wildman–Crippen MR) is 125 cm³/mol. The van der Waals surface area contributed by atoms with Crippen molar-refractivity contribution in [3.63, 3.8) is 0 Å². The first-order valence-electron chi connectivity index (χ1n) is 10.5. The van der Waals surface area contributed by atoms with Crippen LogP contribution >= 0.6 is 0 Å². The molecule has 7 heteroatoms. The molecule has 0 aromatic heterocycles. The number of sulfonamides is 1. The van der Waals surface area contributed by atoms with Gasteiger partial charge in [0.25, 0.3) is 0 Å². The Morgan fingerprint density at radius 2 is 1.63 bits per heavy atom. The SMILES string of the molecule is Cc1cc(NCc2ccc(NS(=O)(=O)C(C)C)cc2)ccc1N1C[C@@H](C)O[C@@H](C)C1. The van der Waals surface area contributed by atoms with Crippen LogP contribution in [0.2, 0.25) is 0 Å². The highest BCUT2D eigenvalue weighted by Gasteiger charge is 2.23. The number of anilines is 3. The zero-order valence-electron chi connectivity index (χ0n) is 18.5. The number of aryl methyl sites for hydroxylation is 1. The summed E-state index contributed by atoms with van der Waals surface area (Å²) in [5.74, 6) is 0. The van der Waals surface area contributed by atoms with Crippen LogP contribution in [-0.4, -0.2) is 39.0 Å². The van der Waals surface area contributed by atoms with Crippen LogP contribution in [0, 0.1) is 6.92 Å².